The smallest absolute Gasteiger partial charge is 0.269 e. The Hall–Kier alpha value is -1.23. The maximum absolute atomic E-state index is 11.7. The van der Waals surface area contributed by atoms with Crippen molar-refractivity contribution < 1.29 is 4.79 Å². The molecule has 1 fully saturated rings. The first-order valence-corrected chi connectivity index (χ1v) is 8.05. The number of carbonyl (C=O) groups is 1. The zero-order chi connectivity index (χ0) is 13.7. The predicted molar refractivity (Wildman–Crippen MR) is 80.8 cm³/mol. The van der Waals surface area contributed by atoms with Crippen molar-refractivity contribution >= 4 is 23.4 Å². The highest BCUT2D eigenvalue weighted by Gasteiger charge is 2.23. The molecule has 0 aromatic carbocycles. The minimum Gasteiger partial charge on any atom is -0.382 e. The van der Waals surface area contributed by atoms with Crippen molar-refractivity contribution in [3.8, 4) is 0 Å². The fourth-order valence-corrected chi connectivity index (χ4v) is 3.21. The monoisotopic (exact) mass is 279 g/mol. The van der Waals surface area contributed by atoms with Crippen molar-refractivity contribution in [2.75, 3.05) is 18.1 Å². The third kappa shape index (κ3) is 3.86. The lowest BCUT2D eigenvalue weighted by atomic mass is 10.2. The van der Waals surface area contributed by atoms with Gasteiger partial charge in [0.15, 0.2) is 0 Å². The van der Waals surface area contributed by atoms with Crippen molar-refractivity contribution in [3.05, 3.63) is 24.0 Å². The van der Waals surface area contributed by atoms with E-state index in [1.807, 2.05) is 30.8 Å². The Balaban J connectivity index is 1.97. The van der Waals surface area contributed by atoms with Gasteiger partial charge >= 0.3 is 0 Å². The molecule has 0 aliphatic heterocycles. The third-order valence-electron chi connectivity index (χ3n) is 3.42. The minimum absolute atomic E-state index is 0.112. The summed E-state index contributed by atoms with van der Waals surface area (Å²) in [7, 11) is 0. The number of carbonyl (C=O) groups excluding carboxylic acids is 1. The van der Waals surface area contributed by atoms with Crippen LogP contribution in [-0.2, 0) is 0 Å². The molecule has 1 aliphatic rings. The Morgan fingerprint density at radius 2 is 2.37 bits per heavy atom. The van der Waals surface area contributed by atoms with E-state index in [1.165, 1.54) is 19.3 Å². The van der Waals surface area contributed by atoms with Crippen molar-refractivity contribution in [2.24, 2.45) is 0 Å². The minimum atomic E-state index is -0.112. The van der Waals surface area contributed by atoms with E-state index in [1.54, 1.807) is 6.20 Å². The van der Waals surface area contributed by atoms with Gasteiger partial charge in [-0.1, -0.05) is 0 Å². The molecular formula is C14H21N3OS. The quantitative estimate of drug-likeness (QED) is 0.869. The van der Waals surface area contributed by atoms with Gasteiger partial charge in [-0.15, -0.1) is 0 Å². The van der Waals surface area contributed by atoms with E-state index in [2.05, 4.69) is 21.9 Å². The standard InChI is InChI=1S/C14H21N3OS/c1-3-15-14(18)13-9-11(6-7-16-13)17-10-4-5-12(8-10)19-2/h6-7,9-10,12H,3-5,8H2,1-2H3,(H,15,18)(H,16,17). The normalized spacial score (nSPS) is 22.2. The van der Waals surface area contributed by atoms with Crippen LogP contribution in [0.2, 0.25) is 0 Å². The lowest BCUT2D eigenvalue weighted by Crippen LogP contribution is -2.24. The summed E-state index contributed by atoms with van der Waals surface area (Å²) in [5, 5.41) is 7.04. The Labute approximate surface area is 118 Å². The van der Waals surface area contributed by atoms with Gasteiger partial charge in [0, 0.05) is 29.7 Å². The van der Waals surface area contributed by atoms with Gasteiger partial charge in [0.1, 0.15) is 5.69 Å². The van der Waals surface area contributed by atoms with Crippen LogP contribution in [0.3, 0.4) is 0 Å². The number of thioether (sulfide) groups is 1. The maximum Gasteiger partial charge on any atom is 0.269 e. The molecule has 2 unspecified atom stereocenters. The highest BCUT2D eigenvalue weighted by atomic mass is 32.2. The summed E-state index contributed by atoms with van der Waals surface area (Å²) in [6.45, 7) is 2.53. The lowest BCUT2D eigenvalue weighted by molar-refractivity contribution is 0.0951. The molecule has 2 N–H and O–H groups in total. The Bertz CT molecular complexity index is 438. The summed E-state index contributed by atoms with van der Waals surface area (Å²) in [5.41, 5.74) is 1.47. The average Bonchev–Trinajstić information content (AvgIpc) is 2.87. The fourth-order valence-electron chi connectivity index (χ4n) is 2.42. The summed E-state index contributed by atoms with van der Waals surface area (Å²) in [6.07, 6.45) is 7.53. The average molecular weight is 279 g/mol. The summed E-state index contributed by atoms with van der Waals surface area (Å²) in [6, 6.07) is 4.27. The van der Waals surface area contributed by atoms with Crippen LogP contribution in [0.15, 0.2) is 18.3 Å². The largest absolute Gasteiger partial charge is 0.382 e. The molecule has 1 aromatic rings. The van der Waals surface area contributed by atoms with Crippen LogP contribution in [0.25, 0.3) is 0 Å². The van der Waals surface area contributed by atoms with Gasteiger partial charge in [-0.05, 0) is 44.6 Å². The third-order valence-corrected chi connectivity index (χ3v) is 4.51. The summed E-state index contributed by atoms with van der Waals surface area (Å²) >= 11 is 1.94. The molecule has 2 atom stereocenters. The van der Waals surface area contributed by atoms with Gasteiger partial charge in [-0.2, -0.15) is 11.8 Å². The van der Waals surface area contributed by atoms with E-state index in [4.69, 9.17) is 0 Å². The van der Waals surface area contributed by atoms with E-state index < -0.39 is 0 Å². The molecule has 0 spiro atoms. The summed E-state index contributed by atoms with van der Waals surface area (Å²) in [5.74, 6) is -0.112. The number of aromatic nitrogens is 1. The Morgan fingerprint density at radius 3 is 3.05 bits per heavy atom. The second-order valence-electron chi connectivity index (χ2n) is 4.80. The van der Waals surface area contributed by atoms with E-state index in [0.29, 0.717) is 18.3 Å². The topological polar surface area (TPSA) is 54.0 Å². The molecule has 4 nitrogen and oxygen atoms in total. The molecule has 0 radical (unpaired) electrons. The van der Waals surface area contributed by atoms with Crippen molar-refractivity contribution in [2.45, 2.75) is 37.5 Å². The molecule has 1 aromatic heterocycles. The summed E-state index contributed by atoms with van der Waals surface area (Å²) in [4.78, 5) is 15.8. The van der Waals surface area contributed by atoms with E-state index >= 15 is 0 Å². The zero-order valence-corrected chi connectivity index (χ0v) is 12.3. The molecular weight excluding hydrogens is 258 g/mol. The van der Waals surface area contributed by atoms with Crippen LogP contribution in [0.5, 0.6) is 0 Å². The highest BCUT2D eigenvalue weighted by Crippen LogP contribution is 2.30. The van der Waals surface area contributed by atoms with Crippen molar-refractivity contribution in [3.63, 3.8) is 0 Å². The number of anilines is 1. The fraction of sp³-hybridized carbons (Fsp3) is 0.571. The van der Waals surface area contributed by atoms with Crippen LogP contribution in [0.1, 0.15) is 36.7 Å². The van der Waals surface area contributed by atoms with Crippen molar-refractivity contribution in [1.82, 2.24) is 10.3 Å². The first-order chi connectivity index (χ1) is 9.22. The second-order valence-corrected chi connectivity index (χ2v) is 5.94. The van der Waals surface area contributed by atoms with Gasteiger partial charge in [-0.25, -0.2) is 0 Å². The molecule has 5 heteroatoms. The molecule has 104 valence electrons. The van der Waals surface area contributed by atoms with Crippen LogP contribution < -0.4 is 10.6 Å². The van der Waals surface area contributed by atoms with Crippen LogP contribution in [-0.4, -0.2) is 35.0 Å². The van der Waals surface area contributed by atoms with Crippen LogP contribution in [0.4, 0.5) is 5.69 Å². The Kier molecular flexibility index (Phi) is 5.07. The molecule has 1 aliphatic carbocycles. The summed E-state index contributed by atoms with van der Waals surface area (Å²) < 4.78 is 0. The number of rotatable bonds is 5. The van der Waals surface area contributed by atoms with E-state index in [9.17, 15) is 4.79 Å². The molecule has 19 heavy (non-hydrogen) atoms. The predicted octanol–water partition coefficient (Wildman–Crippen LogP) is 2.53. The maximum atomic E-state index is 11.7. The number of nitrogens with one attached hydrogen (secondary N) is 2. The first kappa shape index (κ1) is 14.2. The molecule has 1 heterocycles. The molecule has 1 saturated carbocycles. The lowest BCUT2D eigenvalue weighted by Gasteiger charge is -2.14. The van der Waals surface area contributed by atoms with Gasteiger partial charge in [0.2, 0.25) is 0 Å². The van der Waals surface area contributed by atoms with Crippen LogP contribution >= 0.6 is 11.8 Å². The number of amides is 1. The number of hydrogen-bond acceptors (Lipinski definition) is 4. The zero-order valence-electron chi connectivity index (χ0n) is 11.5. The first-order valence-electron chi connectivity index (χ1n) is 6.76. The number of hydrogen-bond donors (Lipinski definition) is 2. The van der Waals surface area contributed by atoms with Gasteiger partial charge in [0.25, 0.3) is 5.91 Å². The highest BCUT2D eigenvalue weighted by molar-refractivity contribution is 7.99. The van der Waals surface area contributed by atoms with Crippen molar-refractivity contribution in [1.29, 1.82) is 0 Å². The van der Waals surface area contributed by atoms with Crippen LogP contribution in [0, 0.1) is 0 Å². The SMILES string of the molecule is CCNC(=O)c1cc(NC2CCC(SC)C2)ccn1. The van der Waals surface area contributed by atoms with Gasteiger partial charge in [-0.3, -0.25) is 9.78 Å². The Morgan fingerprint density at radius 1 is 1.53 bits per heavy atom. The molecule has 1 amide bonds. The van der Waals surface area contributed by atoms with Gasteiger partial charge < -0.3 is 10.6 Å². The molecule has 2 rings (SSSR count). The number of nitrogens with zero attached hydrogens (tertiary/aromatic N) is 1. The molecule has 0 saturated heterocycles. The molecule has 0 bridgehead atoms. The van der Waals surface area contributed by atoms with Gasteiger partial charge in [0.05, 0.1) is 0 Å². The van der Waals surface area contributed by atoms with E-state index in [-0.39, 0.29) is 5.91 Å². The second kappa shape index (κ2) is 6.80. The number of pyridine rings is 1. The van der Waals surface area contributed by atoms with E-state index in [0.717, 1.165) is 10.9 Å².